The van der Waals surface area contributed by atoms with E-state index in [0.717, 1.165) is 0 Å². The molecule has 2 rings (SSSR count). The Kier molecular flexibility index (Phi) is 1.94. The molecule has 1 aliphatic rings. The maximum absolute atomic E-state index is 10.7. The summed E-state index contributed by atoms with van der Waals surface area (Å²) >= 11 is 5.21. The van der Waals surface area contributed by atoms with Crippen LogP contribution < -0.4 is 9.47 Å². The summed E-state index contributed by atoms with van der Waals surface area (Å²) in [6.45, 7) is 0. The van der Waals surface area contributed by atoms with Gasteiger partial charge in [0.2, 0.25) is 5.76 Å². The van der Waals surface area contributed by atoms with Crippen LogP contribution >= 0.6 is 11.6 Å². The minimum absolute atomic E-state index is 0.000340. The van der Waals surface area contributed by atoms with E-state index in [-0.39, 0.29) is 5.76 Å². The second-order valence-corrected chi connectivity index (χ2v) is 2.77. The van der Waals surface area contributed by atoms with E-state index >= 15 is 0 Å². The summed E-state index contributed by atoms with van der Waals surface area (Å²) in [6, 6.07) is 7.02. The van der Waals surface area contributed by atoms with Crippen molar-refractivity contribution < 1.29 is 14.3 Å². The molecule has 1 aromatic carbocycles. The van der Waals surface area contributed by atoms with Gasteiger partial charge in [-0.3, -0.25) is 4.79 Å². The Morgan fingerprint density at radius 1 is 1.23 bits per heavy atom. The second kappa shape index (κ2) is 3.11. The van der Waals surface area contributed by atoms with Gasteiger partial charge in [0.1, 0.15) is 6.26 Å². The predicted octanol–water partition coefficient (Wildman–Crippen LogP) is 2.06. The molecule has 0 spiro atoms. The van der Waals surface area contributed by atoms with Crippen LogP contribution in [0.1, 0.15) is 0 Å². The van der Waals surface area contributed by atoms with Gasteiger partial charge in [-0.25, -0.2) is 0 Å². The van der Waals surface area contributed by atoms with Gasteiger partial charge in [0.25, 0.3) is 5.24 Å². The van der Waals surface area contributed by atoms with Crippen molar-refractivity contribution >= 4 is 16.8 Å². The number of rotatable bonds is 1. The van der Waals surface area contributed by atoms with Gasteiger partial charge < -0.3 is 9.47 Å². The second-order valence-electron chi connectivity index (χ2n) is 2.42. The minimum Gasteiger partial charge on any atom is -0.457 e. The largest absolute Gasteiger partial charge is 0.457 e. The van der Waals surface area contributed by atoms with Crippen molar-refractivity contribution in [2.75, 3.05) is 0 Å². The first-order chi connectivity index (χ1) is 6.27. The highest BCUT2D eigenvalue weighted by atomic mass is 35.5. The van der Waals surface area contributed by atoms with Gasteiger partial charge >= 0.3 is 0 Å². The van der Waals surface area contributed by atoms with Crippen LogP contribution in [0.25, 0.3) is 0 Å². The summed E-state index contributed by atoms with van der Waals surface area (Å²) in [6.07, 6.45) is 1.19. The molecule has 0 fully saturated rings. The maximum atomic E-state index is 10.7. The zero-order valence-electron chi connectivity index (χ0n) is 6.49. The number of hydrogen-bond donors (Lipinski definition) is 0. The molecule has 0 aromatic heterocycles. The van der Waals surface area contributed by atoms with Gasteiger partial charge in [-0.1, -0.05) is 12.1 Å². The number of ether oxygens (including phenoxy) is 2. The standard InChI is InChI=1S/C9H5ClO3/c10-9(11)8-5-12-6-3-1-2-4-7(6)13-8/h1-5H. The Hall–Kier alpha value is -1.48. The van der Waals surface area contributed by atoms with Crippen molar-refractivity contribution in [2.45, 2.75) is 0 Å². The molecule has 1 heterocycles. The molecule has 0 N–H and O–H groups in total. The van der Waals surface area contributed by atoms with E-state index in [0.29, 0.717) is 11.5 Å². The molecule has 1 aliphatic heterocycles. The van der Waals surface area contributed by atoms with Crippen molar-refractivity contribution in [3.8, 4) is 11.5 Å². The number of benzene rings is 1. The summed E-state index contributed by atoms with van der Waals surface area (Å²) in [5, 5.41) is -0.672. The molecule has 0 aliphatic carbocycles. The van der Waals surface area contributed by atoms with Crippen LogP contribution in [0, 0.1) is 0 Å². The summed E-state index contributed by atoms with van der Waals surface area (Å²) in [7, 11) is 0. The van der Waals surface area contributed by atoms with Crippen LogP contribution in [0.4, 0.5) is 0 Å². The fourth-order valence-electron chi connectivity index (χ4n) is 0.978. The highest BCUT2D eigenvalue weighted by molar-refractivity contribution is 6.67. The topological polar surface area (TPSA) is 35.5 Å². The van der Waals surface area contributed by atoms with Crippen molar-refractivity contribution in [3.05, 3.63) is 36.3 Å². The molecular weight excluding hydrogens is 192 g/mol. The average Bonchev–Trinajstić information content (AvgIpc) is 2.17. The third-order valence-corrected chi connectivity index (χ3v) is 1.74. The number of hydrogen-bond acceptors (Lipinski definition) is 3. The first-order valence-electron chi connectivity index (χ1n) is 3.61. The fourth-order valence-corrected chi connectivity index (χ4v) is 1.06. The SMILES string of the molecule is O=C(Cl)C1=COc2ccccc2O1. The number of para-hydroxylation sites is 2. The Labute approximate surface area is 79.5 Å². The molecule has 66 valence electrons. The van der Waals surface area contributed by atoms with E-state index in [2.05, 4.69) is 0 Å². The molecule has 1 aromatic rings. The summed E-state index contributed by atoms with van der Waals surface area (Å²) in [5.74, 6) is 1.07. The first kappa shape index (κ1) is 8.13. The van der Waals surface area contributed by atoms with Gasteiger partial charge in [0.05, 0.1) is 0 Å². The third-order valence-electron chi connectivity index (χ3n) is 1.56. The molecule has 3 nitrogen and oxygen atoms in total. The quantitative estimate of drug-likeness (QED) is 0.645. The number of fused-ring (bicyclic) bond motifs is 1. The van der Waals surface area contributed by atoms with Crippen molar-refractivity contribution in [1.29, 1.82) is 0 Å². The summed E-state index contributed by atoms with van der Waals surface area (Å²) in [5.41, 5.74) is 0. The minimum atomic E-state index is -0.672. The zero-order valence-corrected chi connectivity index (χ0v) is 7.25. The summed E-state index contributed by atoms with van der Waals surface area (Å²) < 4.78 is 10.3. The summed E-state index contributed by atoms with van der Waals surface area (Å²) in [4.78, 5) is 10.7. The van der Waals surface area contributed by atoms with Gasteiger partial charge in [-0.15, -0.1) is 0 Å². The Morgan fingerprint density at radius 2 is 1.92 bits per heavy atom. The van der Waals surface area contributed by atoms with E-state index in [9.17, 15) is 4.79 Å². The van der Waals surface area contributed by atoms with Crippen molar-refractivity contribution in [2.24, 2.45) is 0 Å². The van der Waals surface area contributed by atoms with Gasteiger partial charge in [0.15, 0.2) is 11.5 Å². The van der Waals surface area contributed by atoms with Gasteiger partial charge in [-0.2, -0.15) is 0 Å². The highest BCUT2D eigenvalue weighted by Gasteiger charge is 2.17. The predicted molar refractivity (Wildman–Crippen MR) is 46.6 cm³/mol. The molecule has 0 atom stereocenters. The third kappa shape index (κ3) is 1.51. The fraction of sp³-hybridized carbons (Fsp3) is 0. The monoisotopic (exact) mass is 196 g/mol. The molecule has 4 heteroatoms. The molecule has 0 radical (unpaired) electrons. The van der Waals surface area contributed by atoms with Crippen LogP contribution in [-0.4, -0.2) is 5.24 Å². The Balaban J connectivity index is 2.33. The van der Waals surface area contributed by atoms with Crippen molar-refractivity contribution in [3.63, 3.8) is 0 Å². The Morgan fingerprint density at radius 3 is 2.62 bits per heavy atom. The molecule has 13 heavy (non-hydrogen) atoms. The lowest BCUT2D eigenvalue weighted by Crippen LogP contribution is -2.09. The molecule has 0 saturated carbocycles. The van der Waals surface area contributed by atoms with Crippen LogP contribution in [0.2, 0.25) is 0 Å². The maximum Gasteiger partial charge on any atom is 0.291 e. The number of allylic oxidation sites excluding steroid dienone is 1. The molecule has 0 saturated heterocycles. The first-order valence-corrected chi connectivity index (χ1v) is 3.99. The Bertz CT molecular complexity index is 384. The average molecular weight is 197 g/mol. The van der Waals surface area contributed by atoms with Crippen LogP contribution in [-0.2, 0) is 4.79 Å². The number of carbonyl (C=O) groups excluding carboxylic acids is 1. The van der Waals surface area contributed by atoms with E-state index in [4.69, 9.17) is 21.1 Å². The molecule has 0 unspecified atom stereocenters. The number of halogens is 1. The normalized spacial score (nSPS) is 13.5. The highest BCUT2D eigenvalue weighted by Crippen LogP contribution is 2.31. The smallest absolute Gasteiger partial charge is 0.291 e. The van der Waals surface area contributed by atoms with Crippen LogP contribution in [0.5, 0.6) is 11.5 Å². The molecule has 0 amide bonds. The lowest BCUT2D eigenvalue weighted by atomic mass is 10.3. The van der Waals surface area contributed by atoms with E-state index in [1.165, 1.54) is 6.26 Å². The van der Waals surface area contributed by atoms with E-state index in [1.807, 2.05) is 6.07 Å². The number of carbonyl (C=O) groups is 1. The van der Waals surface area contributed by atoms with Gasteiger partial charge in [0, 0.05) is 0 Å². The van der Waals surface area contributed by atoms with E-state index in [1.54, 1.807) is 18.2 Å². The lowest BCUT2D eigenvalue weighted by molar-refractivity contribution is -0.110. The molecular formula is C9H5ClO3. The van der Waals surface area contributed by atoms with Crippen LogP contribution in [0.15, 0.2) is 36.3 Å². The van der Waals surface area contributed by atoms with Crippen LogP contribution in [0.3, 0.4) is 0 Å². The zero-order chi connectivity index (χ0) is 9.26. The van der Waals surface area contributed by atoms with E-state index < -0.39 is 5.24 Å². The lowest BCUT2D eigenvalue weighted by Gasteiger charge is -2.15. The molecule has 0 bridgehead atoms. The van der Waals surface area contributed by atoms with Crippen molar-refractivity contribution in [1.82, 2.24) is 0 Å². The van der Waals surface area contributed by atoms with Gasteiger partial charge in [-0.05, 0) is 23.7 Å².